The number of fused-ring (bicyclic) bond motifs is 2. The molecule has 29 heavy (non-hydrogen) atoms. The Kier molecular flexibility index (Phi) is 4.29. The largest absolute Gasteiger partial charge is 0.376 e. The summed E-state index contributed by atoms with van der Waals surface area (Å²) in [6.45, 7) is 1.93. The molecule has 2 aromatic heterocycles. The van der Waals surface area contributed by atoms with Gasteiger partial charge in [0.05, 0.1) is 41.4 Å². The van der Waals surface area contributed by atoms with Crippen LogP contribution in [0.4, 0.5) is 5.82 Å². The van der Waals surface area contributed by atoms with Gasteiger partial charge in [0.15, 0.2) is 0 Å². The lowest BCUT2D eigenvalue weighted by molar-refractivity contribution is 0.109. The molecule has 1 fully saturated rings. The minimum absolute atomic E-state index is 0.0477. The van der Waals surface area contributed by atoms with Crippen LogP contribution in [-0.4, -0.2) is 27.7 Å². The molecule has 1 aromatic carbocycles. The van der Waals surface area contributed by atoms with Gasteiger partial charge in [0.1, 0.15) is 17.7 Å². The molecular weight excluding hydrogens is 366 g/mol. The van der Waals surface area contributed by atoms with Crippen molar-refractivity contribution >= 4 is 16.7 Å². The van der Waals surface area contributed by atoms with E-state index >= 15 is 0 Å². The molecule has 5 rings (SSSR count). The zero-order chi connectivity index (χ0) is 20.0. The Morgan fingerprint density at radius 2 is 2.14 bits per heavy atom. The van der Waals surface area contributed by atoms with E-state index in [1.165, 1.54) is 0 Å². The zero-order valence-electron chi connectivity index (χ0n) is 16.3. The van der Waals surface area contributed by atoms with Crippen LogP contribution >= 0.6 is 0 Å². The number of hydrogen-bond donors (Lipinski definition) is 0. The van der Waals surface area contributed by atoms with Gasteiger partial charge in [-0.3, -0.25) is 9.36 Å². The van der Waals surface area contributed by atoms with Gasteiger partial charge in [-0.1, -0.05) is 12.1 Å². The van der Waals surface area contributed by atoms with Gasteiger partial charge in [0.2, 0.25) is 0 Å². The molecule has 146 valence electrons. The highest BCUT2D eigenvalue weighted by molar-refractivity contribution is 5.77. The van der Waals surface area contributed by atoms with E-state index in [0.29, 0.717) is 35.5 Å². The molecule has 0 amide bonds. The average Bonchev–Trinajstić information content (AvgIpc) is 3.24. The Hall–Kier alpha value is -3.24. The number of rotatable bonds is 2. The Labute approximate surface area is 168 Å². The van der Waals surface area contributed by atoms with Crippen molar-refractivity contribution in [1.29, 1.82) is 5.26 Å². The molecule has 1 unspecified atom stereocenters. The smallest absolute Gasteiger partial charge is 0.261 e. The Bertz CT molecular complexity index is 1210. The van der Waals surface area contributed by atoms with E-state index in [0.717, 1.165) is 42.9 Å². The molecule has 7 heteroatoms. The van der Waals surface area contributed by atoms with E-state index in [1.54, 1.807) is 11.6 Å². The summed E-state index contributed by atoms with van der Waals surface area (Å²) < 4.78 is 7.15. The van der Waals surface area contributed by atoms with Crippen molar-refractivity contribution < 1.29 is 4.74 Å². The number of benzene rings is 1. The van der Waals surface area contributed by atoms with E-state index < -0.39 is 0 Å². The van der Waals surface area contributed by atoms with E-state index in [2.05, 4.69) is 11.0 Å². The van der Waals surface area contributed by atoms with Crippen molar-refractivity contribution in [2.75, 3.05) is 18.1 Å². The first-order valence-corrected chi connectivity index (χ1v) is 9.90. The predicted molar refractivity (Wildman–Crippen MR) is 109 cm³/mol. The molecule has 4 heterocycles. The Balaban J connectivity index is 1.64. The minimum atomic E-state index is -0.0882. The van der Waals surface area contributed by atoms with Gasteiger partial charge in [0, 0.05) is 25.6 Å². The molecule has 0 spiro atoms. The van der Waals surface area contributed by atoms with Crippen LogP contribution in [0.2, 0.25) is 0 Å². The number of pyridine rings is 1. The van der Waals surface area contributed by atoms with Gasteiger partial charge in [-0.25, -0.2) is 9.97 Å². The van der Waals surface area contributed by atoms with Gasteiger partial charge >= 0.3 is 0 Å². The molecule has 1 atom stereocenters. The van der Waals surface area contributed by atoms with E-state index in [4.69, 9.17) is 14.7 Å². The first kappa shape index (κ1) is 17.8. The predicted octanol–water partition coefficient (Wildman–Crippen LogP) is 2.61. The average molecular weight is 387 g/mol. The number of anilines is 1. The molecule has 0 N–H and O–H groups in total. The maximum absolute atomic E-state index is 12.9. The summed E-state index contributed by atoms with van der Waals surface area (Å²) in [5.74, 6) is 1.41. The molecule has 2 aliphatic rings. The topological polar surface area (TPSA) is 84.0 Å². The Morgan fingerprint density at radius 3 is 3.00 bits per heavy atom. The normalized spacial score (nSPS) is 18.6. The van der Waals surface area contributed by atoms with Gasteiger partial charge in [0.25, 0.3) is 5.56 Å². The fraction of sp³-hybridized carbons (Fsp3) is 0.364. The van der Waals surface area contributed by atoms with Crippen LogP contribution in [0, 0.1) is 11.3 Å². The second-order valence-electron chi connectivity index (χ2n) is 7.58. The lowest BCUT2D eigenvalue weighted by atomic mass is 10.1. The van der Waals surface area contributed by atoms with Crippen molar-refractivity contribution in [1.82, 2.24) is 14.5 Å². The summed E-state index contributed by atoms with van der Waals surface area (Å²) in [5, 5.41) is 10.4. The van der Waals surface area contributed by atoms with Crippen LogP contribution in [0.3, 0.4) is 0 Å². The SMILES string of the molecule is Cn1c(C2CCCN2c2nc3c(cc2C#N)COCC3)nc2ccccc2c1=O. The van der Waals surface area contributed by atoms with Crippen molar-refractivity contribution in [3.05, 3.63) is 63.3 Å². The second kappa shape index (κ2) is 6.98. The van der Waals surface area contributed by atoms with Crippen LogP contribution in [-0.2, 0) is 24.8 Å². The number of nitrogens with zero attached hydrogens (tertiary/aromatic N) is 5. The van der Waals surface area contributed by atoms with Crippen LogP contribution in [0.15, 0.2) is 35.1 Å². The fourth-order valence-corrected chi connectivity index (χ4v) is 4.40. The summed E-state index contributed by atoms with van der Waals surface area (Å²) in [4.78, 5) is 24.7. The van der Waals surface area contributed by atoms with Crippen LogP contribution in [0.5, 0.6) is 0 Å². The summed E-state index contributed by atoms with van der Waals surface area (Å²) in [6, 6.07) is 11.5. The fourth-order valence-electron chi connectivity index (χ4n) is 4.40. The van der Waals surface area contributed by atoms with E-state index in [-0.39, 0.29) is 11.6 Å². The number of ether oxygens (including phenoxy) is 1. The molecule has 1 saturated heterocycles. The van der Waals surface area contributed by atoms with Crippen LogP contribution in [0.1, 0.15) is 41.5 Å². The third-order valence-electron chi connectivity index (χ3n) is 5.87. The van der Waals surface area contributed by atoms with Crippen molar-refractivity contribution in [2.45, 2.75) is 31.9 Å². The molecular formula is C22H21N5O2. The number of aromatic nitrogens is 3. The molecule has 0 bridgehead atoms. The molecule has 2 aliphatic heterocycles. The highest BCUT2D eigenvalue weighted by atomic mass is 16.5. The monoisotopic (exact) mass is 387 g/mol. The highest BCUT2D eigenvalue weighted by Crippen LogP contribution is 2.37. The second-order valence-corrected chi connectivity index (χ2v) is 7.58. The van der Waals surface area contributed by atoms with Crippen molar-refractivity contribution in [3.8, 4) is 6.07 Å². The highest BCUT2D eigenvalue weighted by Gasteiger charge is 2.33. The standard InChI is InChI=1S/C22H21N5O2/c1-26-21(25-18-6-3-2-5-16(18)22(26)28)19-7-4-9-27(19)20-14(12-23)11-15-13-29-10-8-17(15)24-20/h2-3,5-6,11,19H,4,7-10,13H2,1H3. The maximum atomic E-state index is 12.9. The minimum Gasteiger partial charge on any atom is -0.376 e. The van der Waals surface area contributed by atoms with Crippen molar-refractivity contribution in [2.24, 2.45) is 7.05 Å². The molecule has 3 aromatic rings. The number of para-hydroxylation sites is 1. The quantitative estimate of drug-likeness (QED) is 0.672. The maximum Gasteiger partial charge on any atom is 0.261 e. The lowest BCUT2D eigenvalue weighted by Gasteiger charge is -2.29. The summed E-state index contributed by atoms with van der Waals surface area (Å²) >= 11 is 0. The van der Waals surface area contributed by atoms with Crippen LogP contribution < -0.4 is 10.5 Å². The van der Waals surface area contributed by atoms with Crippen molar-refractivity contribution in [3.63, 3.8) is 0 Å². The van der Waals surface area contributed by atoms with Gasteiger partial charge in [-0.15, -0.1) is 0 Å². The summed E-state index contributed by atoms with van der Waals surface area (Å²) in [7, 11) is 1.77. The first-order chi connectivity index (χ1) is 14.2. The van der Waals surface area contributed by atoms with Gasteiger partial charge in [-0.2, -0.15) is 5.26 Å². The van der Waals surface area contributed by atoms with E-state index in [9.17, 15) is 10.1 Å². The third-order valence-corrected chi connectivity index (χ3v) is 5.87. The Morgan fingerprint density at radius 1 is 1.28 bits per heavy atom. The zero-order valence-corrected chi connectivity index (χ0v) is 16.3. The molecule has 0 aliphatic carbocycles. The number of nitriles is 1. The molecule has 7 nitrogen and oxygen atoms in total. The summed E-state index contributed by atoms with van der Waals surface area (Å²) in [6.07, 6.45) is 2.57. The third kappa shape index (κ3) is 2.88. The molecule has 0 radical (unpaired) electrons. The lowest BCUT2D eigenvalue weighted by Crippen LogP contribution is -2.32. The van der Waals surface area contributed by atoms with Gasteiger partial charge < -0.3 is 9.64 Å². The summed E-state index contributed by atoms with van der Waals surface area (Å²) in [5.41, 5.74) is 3.19. The van der Waals surface area contributed by atoms with Gasteiger partial charge in [-0.05, 0) is 31.0 Å². The van der Waals surface area contributed by atoms with Crippen LogP contribution in [0.25, 0.3) is 10.9 Å². The first-order valence-electron chi connectivity index (χ1n) is 9.90. The van der Waals surface area contributed by atoms with E-state index in [1.807, 2.05) is 30.3 Å². The number of hydrogen-bond acceptors (Lipinski definition) is 6. The molecule has 0 saturated carbocycles.